The van der Waals surface area contributed by atoms with Crippen molar-refractivity contribution in [2.45, 2.75) is 71.9 Å². The van der Waals surface area contributed by atoms with E-state index in [2.05, 4.69) is 44.8 Å². The first-order valence-electron chi connectivity index (χ1n) is 7.89. The van der Waals surface area contributed by atoms with Crippen LogP contribution < -0.4 is 5.32 Å². The summed E-state index contributed by atoms with van der Waals surface area (Å²) in [5.41, 5.74) is 0.756. The molecule has 0 amide bonds. The van der Waals surface area contributed by atoms with E-state index < -0.39 is 0 Å². The first-order valence-corrected chi connectivity index (χ1v) is 7.89. The van der Waals surface area contributed by atoms with Crippen LogP contribution in [0.2, 0.25) is 0 Å². The van der Waals surface area contributed by atoms with Crippen LogP contribution in [0.3, 0.4) is 0 Å². The lowest BCUT2D eigenvalue weighted by molar-refractivity contribution is 0.0158. The quantitative estimate of drug-likeness (QED) is 0.826. The van der Waals surface area contributed by atoms with E-state index >= 15 is 0 Å². The van der Waals surface area contributed by atoms with Gasteiger partial charge in [-0.25, -0.2) is 0 Å². The van der Waals surface area contributed by atoms with Gasteiger partial charge in [0.15, 0.2) is 0 Å². The molecular weight excluding hydrogens is 220 g/mol. The highest BCUT2D eigenvalue weighted by Gasteiger charge is 2.42. The lowest BCUT2D eigenvalue weighted by Crippen LogP contribution is -2.66. The highest BCUT2D eigenvalue weighted by molar-refractivity contribution is 5.00. The fourth-order valence-corrected chi connectivity index (χ4v) is 3.40. The molecule has 1 saturated carbocycles. The third kappa shape index (κ3) is 3.08. The molecule has 1 saturated heterocycles. The van der Waals surface area contributed by atoms with Crippen LogP contribution >= 0.6 is 0 Å². The first-order chi connectivity index (χ1) is 8.40. The molecule has 18 heavy (non-hydrogen) atoms. The van der Waals surface area contributed by atoms with Gasteiger partial charge in [0.05, 0.1) is 0 Å². The van der Waals surface area contributed by atoms with Crippen LogP contribution in [0, 0.1) is 11.3 Å². The molecule has 0 aromatic carbocycles. The number of nitrogens with one attached hydrogen (secondary N) is 1. The Kier molecular flexibility index (Phi) is 4.08. The van der Waals surface area contributed by atoms with E-state index in [0.717, 1.165) is 12.5 Å². The van der Waals surface area contributed by atoms with Gasteiger partial charge < -0.3 is 5.32 Å². The molecule has 2 nitrogen and oxygen atoms in total. The lowest BCUT2D eigenvalue weighted by Gasteiger charge is -2.51. The average Bonchev–Trinajstić information content (AvgIpc) is 3.11. The van der Waals surface area contributed by atoms with Crippen molar-refractivity contribution in [3.05, 3.63) is 0 Å². The number of hydrogen-bond acceptors (Lipinski definition) is 2. The Morgan fingerprint density at radius 1 is 1.17 bits per heavy atom. The normalized spacial score (nSPS) is 29.5. The third-order valence-electron chi connectivity index (χ3n) is 5.16. The summed E-state index contributed by atoms with van der Waals surface area (Å²) in [6.07, 6.45) is 5.43. The van der Waals surface area contributed by atoms with E-state index in [9.17, 15) is 0 Å². The molecule has 1 heterocycles. The largest absolute Gasteiger partial charge is 0.308 e. The van der Waals surface area contributed by atoms with Gasteiger partial charge in [0, 0.05) is 31.2 Å². The predicted molar refractivity (Wildman–Crippen MR) is 78.9 cm³/mol. The second kappa shape index (κ2) is 5.13. The van der Waals surface area contributed by atoms with Crippen molar-refractivity contribution in [2.24, 2.45) is 11.3 Å². The van der Waals surface area contributed by atoms with E-state index in [-0.39, 0.29) is 0 Å². The Morgan fingerprint density at radius 2 is 1.78 bits per heavy atom. The van der Waals surface area contributed by atoms with Crippen molar-refractivity contribution in [3.8, 4) is 0 Å². The van der Waals surface area contributed by atoms with Crippen molar-refractivity contribution in [1.82, 2.24) is 10.2 Å². The average molecular weight is 252 g/mol. The summed E-state index contributed by atoms with van der Waals surface area (Å²) >= 11 is 0. The molecule has 1 atom stereocenters. The zero-order chi connectivity index (χ0) is 13.4. The van der Waals surface area contributed by atoms with Gasteiger partial charge in [-0.3, -0.25) is 4.90 Å². The molecule has 0 aromatic rings. The Hall–Kier alpha value is -0.0800. The van der Waals surface area contributed by atoms with Crippen molar-refractivity contribution < 1.29 is 0 Å². The minimum Gasteiger partial charge on any atom is -0.308 e. The SMILES string of the molecule is CCC1(CC)CN(CC2CC2)C(C(C)(C)C)CN1. The van der Waals surface area contributed by atoms with Gasteiger partial charge in [-0.15, -0.1) is 0 Å². The van der Waals surface area contributed by atoms with Gasteiger partial charge in [-0.05, 0) is 37.0 Å². The zero-order valence-corrected chi connectivity index (χ0v) is 13.1. The predicted octanol–water partition coefficient (Wildman–Crippen LogP) is 3.28. The molecule has 2 rings (SSSR count). The van der Waals surface area contributed by atoms with Gasteiger partial charge in [0.1, 0.15) is 0 Å². The molecule has 2 heteroatoms. The van der Waals surface area contributed by atoms with Crippen molar-refractivity contribution in [3.63, 3.8) is 0 Å². The molecule has 2 aliphatic rings. The van der Waals surface area contributed by atoms with Crippen LogP contribution in [0.15, 0.2) is 0 Å². The van der Waals surface area contributed by atoms with Crippen LogP contribution in [-0.4, -0.2) is 36.1 Å². The fourth-order valence-electron chi connectivity index (χ4n) is 3.40. The monoisotopic (exact) mass is 252 g/mol. The Bertz CT molecular complexity index is 271. The second-order valence-corrected chi connectivity index (χ2v) is 7.62. The van der Waals surface area contributed by atoms with Crippen molar-refractivity contribution in [1.29, 1.82) is 0 Å². The Morgan fingerprint density at radius 3 is 2.22 bits per heavy atom. The summed E-state index contributed by atoms with van der Waals surface area (Å²) < 4.78 is 0. The van der Waals surface area contributed by atoms with Crippen LogP contribution in [0.25, 0.3) is 0 Å². The van der Waals surface area contributed by atoms with E-state index in [4.69, 9.17) is 0 Å². The van der Waals surface area contributed by atoms with E-state index in [1.807, 2.05) is 0 Å². The zero-order valence-electron chi connectivity index (χ0n) is 13.1. The molecular formula is C16H32N2. The summed E-state index contributed by atoms with van der Waals surface area (Å²) in [7, 11) is 0. The Labute approximate surface area is 114 Å². The number of nitrogens with zero attached hydrogens (tertiary/aromatic N) is 1. The first kappa shape index (κ1) is 14.3. The molecule has 106 valence electrons. The van der Waals surface area contributed by atoms with Crippen LogP contribution in [-0.2, 0) is 0 Å². The smallest absolute Gasteiger partial charge is 0.0304 e. The lowest BCUT2D eigenvalue weighted by atomic mass is 9.80. The molecule has 1 unspecified atom stereocenters. The molecule has 0 radical (unpaired) electrons. The van der Waals surface area contributed by atoms with Gasteiger partial charge in [0.2, 0.25) is 0 Å². The van der Waals surface area contributed by atoms with Gasteiger partial charge in [-0.1, -0.05) is 34.6 Å². The highest BCUT2D eigenvalue weighted by Crippen LogP contribution is 2.36. The summed E-state index contributed by atoms with van der Waals surface area (Å²) in [4.78, 5) is 2.81. The van der Waals surface area contributed by atoms with Gasteiger partial charge in [0.25, 0.3) is 0 Å². The summed E-state index contributed by atoms with van der Waals surface area (Å²) in [6.45, 7) is 15.6. The minimum absolute atomic E-state index is 0.372. The number of hydrogen-bond donors (Lipinski definition) is 1. The minimum atomic E-state index is 0.372. The topological polar surface area (TPSA) is 15.3 Å². The van der Waals surface area contributed by atoms with Crippen LogP contribution in [0.1, 0.15) is 60.3 Å². The standard InChI is InChI=1S/C16H32N2/c1-6-16(7-2)12-18(11-13-8-9-13)14(10-17-16)15(3,4)5/h13-14,17H,6-12H2,1-5H3. The van der Waals surface area contributed by atoms with E-state index in [1.54, 1.807) is 0 Å². The molecule has 0 bridgehead atoms. The third-order valence-corrected chi connectivity index (χ3v) is 5.16. The molecule has 0 spiro atoms. The number of piperazine rings is 1. The molecule has 2 fully saturated rings. The van der Waals surface area contributed by atoms with Crippen LogP contribution in [0.5, 0.6) is 0 Å². The van der Waals surface area contributed by atoms with E-state index in [1.165, 1.54) is 38.8 Å². The summed E-state index contributed by atoms with van der Waals surface area (Å²) in [5, 5.41) is 3.87. The molecule has 0 aromatic heterocycles. The molecule has 1 aliphatic carbocycles. The van der Waals surface area contributed by atoms with Gasteiger partial charge >= 0.3 is 0 Å². The maximum atomic E-state index is 3.87. The van der Waals surface area contributed by atoms with E-state index in [0.29, 0.717) is 17.0 Å². The maximum absolute atomic E-state index is 3.87. The molecule has 1 aliphatic heterocycles. The Balaban J connectivity index is 2.09. The van der Waals surface area contributed by atoms with Crippen molar-refractivity contribution in [2.75, 3.05) is 19.6 Å². The molecule has 1 N–H and O–H groups in total. The maximum Gasteiger partial charge on any atom is 0.0304 e. The van der Waals surface area contributed by atoms with Gasteiger partial charge in [-0.2, -0.15) is 0 Å². The number of rotatable bonds is 4. The van der Waals surface area contributed by atoms with Crippen molar-refractivity contribution >= 4 is 0 Å². The fraction of sp³-hybridized carbons (Fsp3) is 1.00. The summed E-state index contributed by atoms with van der Waals surface area (Å²) in [5.74, 6) is 0.999. The van der Waals surface area contributed by atoms with Crippen LogP contribution in [0.4, 0.5) is 0 Å². The second-order valence-electron chi connectivity index (χ2n) is 7.62. The highest BCUT2D eigenvalue weighted by atomic mass is 15.3. The summed E-state index contributed by atoms with van der Waals surface area (Å²) in [6, 6.07) is 0.698.